The molecule has 1 unspecified atom stereocenters. The SMILES string of the molecule is c1ccc(Cn2cc(OC3CCCCN3)cn2)cc1. The van der Waals surface area contributed by atoms with Gasteiger partial charge < -0.3 is 4.74 Å². The molecule has 1 atom stereocenters. The van der Waals surface area contributed by atoms with Gasteiger partial charge in [0.1, 0.15) is 6.23 Å². The lowest BCUT2D eigenvalue weighted by atomic mass is 10.1. The van der Waals surface area contributed by atoms with E-state index in [4.69, 9.17) is 4.74 Å². The smallest absolute Gasteiger partial charge is 0.159 e. The average Bonchev–Trinajstić information content (AvgIpc) is 2.88. The molecule has 100 valence electrons. The van der Waals surface area contributed by atoms with Crippen LogP contribution >= 0.6 is 0 Å². The van der Waals surface area contributed by atoms with Crippen molar-refractivity contribution in [2.75, 3.05) is 6.54 Å². The quantitative estimate of drug-likeness (QED) is 0.914. The molecule has 4 heteroatoms. The summed E-state index contributed by atoms with van der Waals surface area (Å²) in [4.78, 5) is 0. The zero-order valence-corrected chi connectivity index (χ0v) is 11.0. The second-order valence-electron chi connectivity index (χ2n) is 4.92. The molecular formula is C15H19N3O. The van der Waals surface area contributed by atoms with Crippen LogP contribution < -0.4 is 10.1 Å². The highest BCUT2D eigenvalue weighted by atomic mass is 16.5. The van der Waals surface area contributed by atoms with E-state index < -0.39 is 0 Å². The maximum Gasteiger partial charge on any atom is 0.159 e. The topological polar surface area (TPSA) is 39.1 Å². The van der Waals surface area contributed by atoms with Gasteiger partial charge in [-0.2, -0.15) is 5.10 Å². The zero-order chi connectivity index (χ0) is 12.9. The standard InChI is InChI=1S/C15H19N3O/c1-2-6-13(7-3-1)11-18-12-14(10-17-18)19-15-8-4-5-9-16-15/h1-3,6-7,10,12,15-16H,4-5,8-9,11H2. The Morgan fingerprint density at radius 2 is 2.16 bits per heavy atom. The van der Waals surface area contributed by atoms with Crippen molar-refractivity contribution in [2.45, 2.75) is 32.0 Å². The van der Waals surface area contributed by atoms with Crippen molar-refractivity contribution < 1.29 is 4.74 Å². The fraction of sp³-hybridized carbons (Fsp3) is 0.400. The molecule has 19 heavy (non-hydrogen) atoms. The van der Waals surface area contributed by atoms with Gasteiger partial charge in [0.05, 0.1) is 18.9 Å². The van der Waals surface area contributed by atoms with Gasteiger partial charge >= 0.3 is 0 Å². The fourth-order valence-corrected chi connectivity index (χ4v) is 2.35. The van der Waals surface area contributed by atoms with Crippen LogP contribution in [-0.2, 0) is 6.54 Å². The Morgan fingerprint density at radius 1 is 1.26 bits per heavy atom. The first-order valence-corrected chi connectivity index (χ1v) is 6.86. The van der Waals surface area contributed by atoms with Crippen LogP contribution in [0.5, 0.6) is 5.75 Å². The van der Waals surface area contributed by atoms with Gasteiger partial charge in [-0.05, 0) is 31.4 Å². The number of hydrogen-bond donors (Lipinski definition) is 1. The summed E-state index contributed by atoms with van der Waals surface area (Å²) in [5.41, 5.74) is 1.24. The molecule has 4 nitrogen and oxygen atoms in total. The highest BCUT2D eigenvalue weighted by molar-refractivity contribution is 5.17. The molecule has 0 bridgehead atoms. The summed E-state index contributed by atoms with van der Waals surface area (Å²) >= 11 is 0. The Hall–Kier alpha value is -1.81. The van der Waals surface area contributed by atoms with Gasteiger partial charge in [0.25, 0.3) is 0 Å². The second-order valence-corrected chi connectivity index (χ2v) is 4.92. The van der Waals surface area contributed by atoms with E-state index in [9.17, 15) is 0 Å². The van der Waals surface area contributed by atoms with E-state index in [1.54, 1.807) is 6.20 Å². The number of nitrogens with zero attached hydrogens (tertiary/aromatic N) is 2. The molecule has 1 aromatic heterocycles. The second kappa shape index (κ2) is 5.89. The minimum Gasteiger partial charge on any atom is -0.472 e. The predicted molar refractivity (Wildman–Crippen MR) is 74.0 cm³/mol. The van der Waals surface area contributed by atoms with Crippen molar-refractivity contribution in [3.05, 3.63) is 48.3 Å². The number of nitrogens with one attached hydrogen (secondary N) is 1. The van der Waals surface area contributed by atoms with Crippen LogP contribution in [0.2, 0.25) is 0 Å². The minimum atomic E-state index is 0.142. The van der Waals surface area contributed by atoms with Gasteiger partial charge in [0, 0.05) is 0 Å². The molecule has 1 N–H and O–H groups in total. The van der Waals surface area contributed by atoms with Gasteiger partial charge in [-0.25, -0.2) is 0 Å². The summed E-state index contributed by atoms with van der Waals surface area (Å²) in [6.07, 6.45) is 7.44. The summed E-state index contributed by atoms with van der Waals surface area (Å²) in [6, 6.07) is 10.3. The van der Waals surface area contributed by atoms with Gasteiger partial charge in [0.2, 0.25) is 0 Å². The fourth-order valence-electron chi connectivity index (χ4n) is 2.35. The molecule has 1 fully saturated rings. The van der Waals surface area contributed by atoms with Gasteiger partial charge in [0.15, 0.2) is 5.75 Å². The third kappa shape index (κ3) is 3.35. The van der Waals surface area contributed by atoms with E-state index in [0.717, 1.165) is 25.3 Å². The monoisotopic (exact) mass is 257 g/mol. The maximum atomic E-state index is 5.88. The van der Waals surface area contributed by atoms with Gasteiger partial charge in [-0.3, -0.25) is 10.00 Å². The van der Waals surface area contributed by atoms with E-state index in [2.05, 4.69) is 22.5 Å². The maximum absolute atomic E-state index is 5.88. The first-order chi connectivity index (χ1) is 9.40. The van der Waals surface area contributed by atoms with Crippen LogP contribution in [-0.4, -0.2) is 22.6 Å². The number of aromatic nitrogens is 2. The largest absolute Gasteiger partial charge is 0.472 e. The Bertz CT molecular complexity index is 503. The summed E-state index contributed by atoms with van der Waals surface area (Å²) in [5.74, 6) is 0.843. The van der Waals surface area contributed by atoms with E-state index in [-0.39, 0.29) is 6.23 Å². The summed E-state index contributed by atoms with van der Waals surface area (Å²) in [7, 11) is 0. The Labute approximate surface area is 113 Å². The number of piperidine rings is 1. The minimum absolute atomic E-state index is 0.142. The molecule has 2 heterocycles. The molecule has 0 amide bonds. The Kier molecular flexibility index (Phi) is 3.79. The zero-order valence-electron chi connectivity index (χ0n) is 11.0. The van der Waals surface area contributed by atoms with E-state index in [1.165, 1.54) is 18.4 Å². The normalized spacial score (nSPS) is 19.3. The van der Waals surface area contributed by atoms with Crippen molar-refractivity contribution in [3.8, 4) is 5.75 Å². The van der Waals surface area contributed by atoms with Crippen molar-refractivity contribution >= 4 is 0 Å². The molecule has 3 rings (SSSR count). The lowest BCUT2D eigenvalue weighted by molar-refractivity contribution is 0.132. The third-order valence-electron chi connectivity index (χ3n) is 3.34. The molecule has 1 saturated heterocycles. The lowest BCUT2D eigenvalue weighted by Gasteiger charge is -2.23. The van der Waals surface area contributed by atoms with E-state index in [0.29, 0.717) is 0 Å². The van der Waals surface area contributed by atoms with Crippen molar-refractivity contribution in [1.82, 2.24) is 15.1 Å². The van der Waals surface area contributed by atoms with Crippen LogP contribution in [0.3, 0.4) is 0 Å². The first kappa shape index (κ1) is 12.2. The van der Waals surface area contributed by atoms with Crippen molar-refractivity contribution in [2.24, 2.45) is 0 Å². The van der Waals surface area contributed by atoms with Crippen LogP contribution in [0.4, 0.5) is 0 Å². The first-order valence-electron chi connectivity index (χ1n) is 6.86. The highest BCUT2D eigenvalue weighted by Gasteiger charge is 2.14. The third-order valence-corrected chi connectivity index (χ3v) is 3.34. The average molecular weight is 257 g/mol. The van der Waals surface area contributed by atoms with Crippen molar-refractivity contribution in [3.63, 3.8) is 0 Å². The van der Waals surface area contributed by atoms with Crippen LogP contribution in [0, 0.1) is 0 Å². The molecule has 2 aromatic rings. The highest BCUT2D eigenvalue weighted by Crippen LogP contribution is 2.15. The molecule has 1 aliphatic rings. The van der Waals surface area contributed by atoms with Crippen LogP contribution in [0.25, 0.3) is 0 Å². The lowest BCUT2D eigenvalue weighted by Crippen LogP contribution is -2.38. The summed E-state index contributed by atoms with van der Waals surface area (Å²) in [5, 5.41) is 7.71. The summed E-state index contributed by atoms with van der Waals surface area (Å²) < 4.78 is 7.79. The number of hydrogen-bond acceptors (Lipinski definition) is 3. The number of benzene rings is 1. The molecular weight excluding hydrogens is 238 g/mol. The Morgan fingerprint density at radius 3 is 2.95 bits per heavy atom. The summed E-state index contributed by atoms with van der Waals surface area (Å²) in [6.45, 7) is 1.82. The molecule has 0 aliphatic carbocycles. The van der Waals surface area contributed by atoms with Gasteiger partial charge in [-0.1, -0.05) is 30.3 Å². The molecule has 1 aromatic carbocycles. The molecule has 0 radical (unpaired) electrons. The van der Waals surface area contributed by atoms with E-state index >= 15 is 0 Å². The van der Waals surface area contributed by atoms with Gasteiger partial charge in [-0.15, -0.1) is 0 Å². The predicted octanol–water partition coefficient (Wildman–Crippen LogP) is 2.41. The number of ether oxygens (including phenoxy) is 1. The molecule has 0 saturated carbocycles. The Balaban J connectivity index is 1.59. The molecule has 0 spiro atoms. The van der Waals surface area contributed by atoms with Crippen LogP contribution in [0.1, 0.15) is 24.8 Å². The molecule has 1 aliphatic heterocycles. The number of rotatable bonds is 4. The van der Waals surface area contributed by atoms with E-state index in [1.807, 2.05) is 29.1 Å². The van der Waals surface area contributed by atoms with Crippen LogP contribution in [0.15, 0.2) is 42.7 Å². The van der Waals surface area contributed by atoms with Crippen molar-refractivity contribution in [1.29, 1.82) is 0 Å².